The third-order valence-corrected chi connectivity index (χ3v) is 7.74. The summed E-state index contributed by atoms with van der Waals surface area (Å²) < 4.78 is 6.73. The highest BCUT2D eigenvalue weighted by atomic mass is 32.2. The first-order chi connectivity index (χ1) is 15.5. The smallest absolute Gasteiger partial charge is 0.267 e. The average Bonchev–Trinajstić information content (AvgIpc) is 3.37. The predicted molar refractivity (Wildman–Crippen MR) is 127 cm³/mol. The maximum Gasteiger partial charge on any atom is 0.267 e. The molecule has 164 valence electrons. The Hall–Kier alpha value is -2.91. The van der Waals surface area contributed by atoms with Crippen molar-refractivity contribution >= 4 is 45.1 Å². The molecular weight excluding hydrogens is 444 g/mol. The molecule has 3 heterocycles. The lowest BCUT2D eigenvalue weighted by molar-refractivity contribution is -0.115. The summed E-state index contributed by atoms with van der Waals surface area (Å²) in [5, 5.41) is 7.25. The Kier molecular flexibility index (Phi) is 5.60. The molecule has 0 bridgehead atoms. The van der Waals surface area contributed by atoms with Gasteiger partial charge in [0, 0.05) is 10.9 Å². The van der Waals surface area contributed by atoms with Crippen molar-refractivity contribution in [3.63, 3.8) is 0 Å². The molecule has 0 spiro atoms. The number of hydrogen-bond acceptors (Lipinski definition) is 7. The Balaban J connectivity index is 1.56. The number of amides is 1. The van der Waals surface area contributed by atoms with E-state index < -0.39 is 5.25 Å². The highest BCUT2D eigenvalue weighted by Gasteiger charge is 2.25. The van der Waals surface area contributed by atoms with E-state index >= 15 is 0 Å². The molecule has 1 amide bonds. The van der Waals surface area contributed by atoms with Crippen LogP contribution in [-0.4, -0.2) is 25.9 Å². The molecule has 7 nitrogen and oxygen atoms in total. The number of benzene rings is 1. The molecule has 1 N–H and O–H groups in total. The Morgan fingerprint density at radius 2 is 2.03 bits per heavy atom. The van der Waals surface area contributed by atoms with Crippen LogP contribution in [0.1, 0.15) is 35.9 Å². The van der Waals surface area contributed by atoms with E-state index in [1.807, 2.05) is 30.3 Å². The first kappa shape index (κ1) is 21.0. The first-order valence-electron chi connectivity index (χ1n) is 10.5. The van der Waals surface area contributed by atoms with E-state index in [4.69, 9.17) is 9.51 Å². The van der Waals surface area contributed by atoms with Crippen molar-refractivity contribution < 1.29 is 9.32 Å². The Morgan fingerprint density at radius 3 is 2.78 bits per heavy atom. The monoisotopic (exact) mass is 466 g/mol. The lowest BCUT2D eigenvalue weighted by atomic mass is 9.97. The highest BCUT2D eigenvalue weighted by molar-refractivity contribution is 8.00. The molecule has 9 heteroatoms. The zero-order chi connectivity index (χ0) is 22.2. The van der Waals surface area contributed by atoms with E-state index in [9.17, 15) is 9.59 Å². The normalized spacial score (nSPS) is 14.3. The molecule has 0 saturated carbocycles. The second-order valence-electron chi connectivity index (χ2n) is 7.84. The summed E-state index contributed by atoms with van der Waals surface area (Å²) in [5.74, 6) is 0.0559. The Labute approximate surface area is 192 Å². The van der Waals surface area contributed by atoms with Gasteiger partial charge in [-0.1, -0.05) is 35.1 Å². The number of nitrogens with zero attached hydrogens (tertiary/aromatic N) is 3. The largest absolute Gasteiger partial charge is 0.338 e. The maximum atomic E-state index is 13.7. The van der Waals surface area contributed by atoms with Gasteiger partial charge in [0.25, 0.3) is 5.56 Å². The molecule has 0 fully saturated rings. The van der Waals surface area contributed by atoms with Crippen LogP contribution < -0.4 is 10.9 Å². The summed E-state index contributed by atoms with van der Waals surface area (Å²) >= 11 is 2.87. The Morgan fingerprint density at radius 1 is 1.25 bits per heavy atom. The maximum absolute atomic E-state index is 13.7. The van der Waals surface area contributed by atoms with Crippen molar-refractivity contribution in [1.29, 1.82) is 0 Å². The number of aryl methyl sites for hydroxylation is 3. The van der Waals surface area contributed by atoms with E-state index in [1.54, 1.807) is 35.8 Å². The molecule has 32 heavy (non-hydrogen) atoms. The van der Waals surface area contributed by atoms with Crippen LogP contribution in [-0.2, 0) is 17.6 Å². The summed E-state index contributed by atoms with van der Waals surface area (Å²) in [4.78, 5) is 33.4. The standard InChI is InChI=1S/C23H22N4O3S2/c1-13-12-18(30-26-13)24-20(28)14(2)31-23-25-21-19(16-10-6-7-11-17(16)32-21)22(29)27(23)15-8-4-3-5-9-15/h3-5,8-9,12,14H,6-7,10-11H2,1-2H3,(H,24,28). The molecule has 1 unspecified atom stereocenters. The number of rotatable bonds is 5. The number of hydrogen-bond donors (Lipinski definition) is 1. The van der Waals surface area contributed by atoms with Crippen LogP contribution in [0.2, 0.25) is 0 Å². The summed E-state index contributed by atoms with van der Waals surface area (Å²) in [6.07, 6.45) is 4.16. The van der Waals surface area contributed by atoms with Crippen LogP contribution in [0.4, 0.5) is 5.88 Å². The van der Waals surface area contributed by atoms with E-state index in [-0.39, 0.29) is 11.5 Å². The Bertz CT molecular complexity index is 1360. The fourth-order valence-corrected chi connectivity index (χ4v) is 6.16. The average molecular weight is 467 g/mol. The first-order valence-corrected chi connectivity index (χ1v) is 12.2. The van der Waals surface area contributed by atoms with Gasteiger partial charge >= 0.3 is 0 Å². The van der Waals surface area contributed by atoms with Gasteiger partial charge in [0.05, 0.1) is 22.0 Å². The zero-order valence-corrected chi connectivity index (χ0v) is 19.4. The van der Waals surface area contributed by atoms with E-state index in [0.717, 1.165) is 47.2 Å². The van der Waals surface area contributed by atoms with Gasteiger partial charge in [-0.25, -0.2) is 4.98 Å². The van der Waals surface area contributed by atoms with Crippen LogP contribution in [0.5, 0.6) is 0 Å². The number of nitrogens with one attached hydrogen (secondary N) is 1. The SMILES string of the molecule is Cc1cc(NC(=O)C(C)Sc2nc3sc4c(c3c(=O)n2-c2ccccc2)CCCC4)on1. The molecule has 4 aromatic rings. The van der Waals surface area contributed by atoms with Crippen LogP contribution in [0.15, 0.2) is 50.9 Å². The molecule has 3 aromatic heterocycles. The molecule has 0 aliphatic heterocycles. The summed E-state index contributed by atoms with van der Waals surface area (Å²) in [5.41, 5.74) is 2.51. The number of fused-ring (bicyclic) bond motifs is 3. The quantitative estimate of drug-likeness (QED) is 0.337. The summed E-state index contributed by atoms with van der Waals surface area (Å²) in [7, 11) is 0. The fourth-order valence-electron chi connectivity index (χ4n) is 3.93. The second kappa shape index (κ2) is 8.55. The lowest BCUT2D eigenvalue weighted by Crippen LogP contribution is -2.26. The predicted octanol–water partition coefficient (Wildman–Crippen LogP) is 4.74. The van der Waals surface area contributed by atoms with Crippen LogP contribution >= 0.6 is 23.1 Å². The van der Waals surface area contributed by atoms with Crippen molar-refractivity contribution in [3.05, 3.63) is 62.9 Å². The van der Waals surface area contributed by atoms with Gasteiger partial charge in [-0.3, -0.25) is 19.5 Å². The number of thioether (sulfide) groups is 1. The third-order valence-electron chi connectivity index (χ3n) is 5.50. The van der Waals surface area contributed by atoms with E-state index in [0.29, 0.717) is 16.7 Å². The molecule has 1 atom stereocenters. The lowest BCUT2D eigenvalue weighted by Gasteiger charge is -2.16. The van der Waals surface area contributed by atoms with Crippen LogP contribution in [0, 0.1) is 6.92 Å². The topological polar surface area (TPSA) is 90.0 Å². The van der Waals surface area contributed by atoms with Gasteiger partial charge in [0.2, 0.25) is 11.8 Å². The van der Waals surface area contributed by atoms with Crippen molar-refractivity contribution in [2.75, 3.05) is 5.32 Å². The highest BCUT2D eigenvalue weighted by Crippen LogP contribution is 2.35. The second-order valence-corrected chi connectivity index (χ2v) is 10.2. The number of carbonyl (C=O) groups excluding carboxylic acids is 1. The van der Waals surface area contributed by atoms with Crippen molar-refractivity contribution in [2.45, 2.75) is 49.9 Å². The minimum absolute atomic E-state index is 0.0680. The summed E-state index contributed by atoms with van der Waals surface area (Å²) in [6, 6.07) is 11.1. The molecule has 0 radical (unpaired) electrons. The van der Waals surface area contributed by atoms with Gasteiger partial charge < -0.3 is 4.52 Å². The molecule has 1 aliphatic carbocycles. The van der Waals surface area contributed by atoms with Crippen LogP contribution in [0.25, 0.3) is 15.9 Å². The third kappa shape index (κ3) is 3.86. The van der Waals surface area contributed by atoms with E-state index in [1.165, 1.54) is 16.6 Å². The number of anilines is 1. The van der Waals surface area contributed by atoms with Crippen LogP contribution in [0.3, 0.4) is 0 Å². The molecule has 1 aliphatic rings. The molecular formula is C23H22N4O3S2. The molecule has 1 aromatic carbocycles. The number of aromatic nitrogens is 3. The van der Waals surface area contributed by atoms with Crippen molar-refractivity contribution in [2.24, 2.45) is 0 Å². The number of carbonyl (C=O) groups is 1. The molecule has 5 rings (SSSR count). The van der Waals surface area contributed by atoms with Gasteiger partial charge in [0.1, 0.15) is 4.83 Å². The van der Waals surface area contributed by atoms with Gasteiger partial charge in [-0.05, 0) is 57.2 Å². The van der Waals surface area contributed by atoms with E-state index in [2.05, 4.69) is 10.5 Å². The van der Waals surface area contributed by atoms with Crippen molar-refractivity contribution in [3.8, 4) is 5.69 Å². The molecule has 0 saturated heterocycles. The van der Waals surface area contributed by atoms with Gasteiger partial charge in [0.15, 0.2) is 5.16 Å². The van der Waals surface area contributed by atoms with Gasteiger partial charge in [-0.2, -0.15) is 0 Å². The summed E-state index contributed by atoms with van der Waals surface area (Å²) in [6.45, 7) is 3.57. The number of thiophene rings is 1. The number of para-hydroxylation sites is 1. The minimum atomic E-state index is -0.505. The zero-order valence-electron chi connectivity index (χ0n) is 17.8. The van der Waals surface area contributed by atoms with Crippen molar-refractivity contribution in [1.82, 2.24) is 14.7 Å². The fraction of sp³-hybridized carbons (Fsp3) is 0.304. The van der Waals surface area contributed by atoms with Gasteiger partial charge in [-0.15, -0.1) is 11.3 Å². The minimum Gasteiger partial charge on any atom is -0.338 e.